The lowest BCUT2D eigenvalue weighted by molar-refractivity contribution is 0.331. The van der Waals surface area contributed by atoms with Crippen molar-refractivity contribution in [3.63, 3.8) is 0 Å². The van der Waals surface area contributed by atoms with Crippen molar-refractivity contribution >= 4 is 5.69 Å². The molecule has 0 radical (unpaired) electrons. The predicted molar refractivity (Wildman–Crippen MR) is 84.8 cm³/mol. The largest absolute Gasteiger partial charge is 0.382 e. The standard InChI is InChI=1S/C17H27N3/c18-15-4-3-5-17(12-15)19-16-8-6-14(7-9-16)13-20-10-1-2-11-20/h6-9,15,17,19H,1-5,10-13,18H2. The maximum Gasteiger partial charge on any atom is 0.0342 e. The third-order valence-corrected chi connectivity index (χ3v) is 4.64. The minimum atomic E-state index is 0.385. The van der Waals surface area contributed by atoms with E-state index in [0.29, 0.717) is 12.1 Å². The Bertz CT molecular complexity index is 409. The van der Waals surface area contributed by atoms with Gasteiger partial charge in [0.05, 0.1) is 0 Å². The van der Waals surface area contributed by atoms with Gasteiger partial charge in [0, 0.05) is 24.3 Å². The fourth-order valence-corrected chi connectivity index (χ4v) is 3.50. The van der Waals surface area contributed by atoms with Crippen LogP contribution in [0.25, 0.3) is 0 Å². The second-order valence-electron chi connectivity index (χ2n) is 6.45. The molecule has 0 bridgehead atoms. The highest BCUT2D eigenvalue weighted by Gasteiger charge is 2.18. The van der Waals surface area contributed by atoms with E-state index in [9.17, 15) is 0 Å². The van der Waals surface area contributed by atoms with Gasteiger partial charge >= 0.3 is 0 Å². The molecule has 3 rings (SSSR count). The average molecular weight is 273 g/mol. The first-order chi connectivity index (χ1) is 9.79. The molecule has 20 heavy (non-hydrogen) atoms. The van der Waals surface area contributed by atoms with Crippen LogP contribution in [0.5, 0.6) is 0 Å². The summed E-state index contributed by atoms with van der Waals surface area (Å²) in [5.74, 6) is 0. The lowest BCUT2D eigenvalue weighted by atomic mass is 9.91. The van der Waals surface area contributed by atoms with E-state index in [-0.39, 0.29) is 0 Å². The van der Waals surface area contributed by atoms with E-state index in [1.807, 2.05) is 0 Å². The zero-order chi connectivity index (χ0) is 13.8. The smallest absolute Gasteiger partial charge is 0.0342 e. The summed E-state index contributed by atoms with van der Waals surface area (Å²) < 4.78 is 0. The van der Waals surface area contributed by atoms with Gasteiger partial charge in [-0.2, -0.15) is 0 Å². The lowest BCUT2D eigenvalue weighted by Crippen LogP contribution is -2.34. The van der Waals surface area contributed by atoms with Gasteiger partial charge in [-0.1, -0.05) is 12.1 Å². The number of nitrogens with zero attached hydrogens (tertiary/aromatic N) is 1. The van der Waals surface area contributed by atoms with Gasteiger partial charge in [0.2, 0.25) is 0 Å². The van der Waals surface area contributed by atoms with Crippen molar-refractivity contribution < 1.29 is 0 Å². The van der Waals surface area contributed by atoms with Gasteiger partial charge < -0.3 is 11.1 Å². The fraction of sp³-hybridized carbons (Fsp3) is 0.647. The molecule has 110 valence electrons. The number of nitrogens with one attached hydrogen (secondary N) is 1. The van der Waals surface area contributed by atoms with Gasteiger partial charge in [0.25, 0.3) is 0 Å². The van der Waals surface area contributed by atoms with Gasteiger partial charge in [-0.05, 0) is 69.3 Å². The summed E-state index contributed by atoms with van der Waals surface area (Å²) in [5, 5.41) is 3.64. The van der Waals surface area contributed by atoms with E-state index >= 15 is 0 Å². The highest BCUT2D eigenvalue weighted by Crippen LogP contribution is 2.22. The molecule has 2 atom stereocenters. The van der Waals surface area contributed by atoms with Gasteiger partial charge in [-0.15, -0.1) is 0 Å². The van der Waals surface area contributed by atoms with Crippen LogP contribution in [0.2, 0.25) is 0 Å². The molecule has 2 unspecified atom stereocenters. The van der Waals surface area contributed by atoms with Gasteiger partial charge in [0.15, 0.2) is 0 Å². The Hall–Kier alpha value is -1.06. The Morgan fingerprint density at radius 2 is 1.80 bits per heavy atom. The topological polar surface area (TPSA) is 41.3 Å². The van der Waals surface area contributed by atoms with E-state index in [4.69, 9.17) is 5.73 Å². The van der Waals surface area contributed by atoms with E-state index in [1.165, 1.54) is 56.4 Å². The van der Waals surface area contributed by atoms with E-state index in [0.717, 1.165) is 13.0 Å². The summed E-state index contributed by atoms with van der Waals surface area (Å²) in [7, 11) is 0. The molecule has 1 saturated heterocycles. The van der Waals surface area contributed by atoms with Crippen LogP contribution in [0.15, 0.2) is 24.3 Å². The lowest BCUT2D eigenvalue weighted by Gasteiger charge is -2.28. The number of hydrogen-bond acceptors (Lipinski definition) is 3. The quantitative estimate of drug-likeness (QED) is 0.886. The summed E-state index contributed by atoms with van der Waals surface area (Å²) in [4.78, 5) is 2.54. The summed E-state index contributed by atoms with van der Waals surface area (Å²) in [6.07, 6.45) is 7.53. The van der Waals surface area contributed by atoms with E-state index < -0.39 is 0 Å². The highest BCUT2D eigenvalue weighted by molar-refractivity contribution is 5.45. The van der Waals surface area contributed by atoms with Crippen LogP contribution in [0.4, 0.5) is 5.69 Å². The SMILES string of the molecule is NC1CCCC(Nc2ccc(CN3CCCC3)cc2)C1. The maximum absolute atomic E-state index is 6.05. The molecule has 1 aromatic carbocycles. The number of likely N-dealkylation sites (tertiary alicyclic amines) is 1. The van der Waals surface area contributed by atoms with Crippen molar-refractivity contribution in [2.24, 2.45) is 5.73 Å². The molecular formula is C17H27N3. The molecule has 3 N–H and O–H groups in total. The van der Waals surface area contributed by atoms with Crippen LogP contribution >= 0.6 is 0 Å². The fourth-order valence-electron chi connectivity index (χ4n) is 3.50. The van der Waals surface area contributed by atoms with Crippen LogP contribution in [-0.2, 0) is 6.54 Å². The Morgan fingerprint density at radius 3 is 2.50 bits per heavy atom. The molecule has 1 aliphatic carbocycles. The molecule has 2 fully saturated rings. The molecule has 1 aliphatic heterocycles. The Morgan fingerprint density at radius 1 is 1.05 bits per heavy atom. The van der Waals surface area contributed by atoms with Crippen LogP contribution in [-0.4, -0.2) is 30.1 Å². The minimum absolute atomic E-state index is 0.385. The van der Waals surface area contributed by atoms with Crippen LogP contribution < -0.4 is 11.1 Å². The van der Waals surface area contributed by atoms with Crippen molar-refractivity contribution in [3.05, 3.63) is 29.8 Å². The van der Waals surface area contributed by atoms with Crippen molar-refractivity contribution in [2.45, 2.75) is 57.2 Å². The molecule has 1 saturated carbocycles. The van der Waals surface area contributed by atoms with E-state index in [2.05, 4.69) is 34.5 Å². The Balaban J connectivity index is 1.52. The number of rotatable bonds is 4. The number of benzene rings is 1. The first kappa shape index (κ1) is 13.9. The minimum Gasteiger partial charge on any atom is -0.382 e. The monoisotopic (exact) mass is 273 g/mol. The summed E-state index contributed by atoms with van der Waals surface area (Å²) in [5.41, 5.74) is 8.72. The third kappa shape index (κ3) is 3.74. The van der Waals surface area contributed by atoms with Crippen molar-refractivity contribution in [2.75, 3.05) is 18.4 Å². The average Bonchev–Trinajstić information content (AvgIpc) is 2.94. The maximum atomic E-state index is 6.05. The van der Waals surface area contributed by atoms with Gasteiger partial charge in [0.1, 0.15) is 0 Å². The molecule has 0 amide bonds. The van der Waals surface area contributed by atoms with Crippen LogP contribution in [0, 0.1) is 0 Å². The highest BCUT2D eigenvalue weighted by atomic mass is 15.1. The zero-order valence-electron chi connectivity index (χ0n) is 12.4. The van der Waals surface area contributed by atoms with Crippen molar-refractivity contribution in [1.82, 2.24) is 4.90 Å². The number of anilines is 1. The number of nitrogens with two attached hydrogens (primary N) is 1. The first-order valence-corrected chi connectivity index (χ1v) is 8.13. The summed E-state index contributed by atoms with van der Waals surface area (Å²) in [6, 6.07) is 9.93. The summed E-state index contributed by atoms with van der Waals surface area (Å²) in [6.45, 7) is 3.63. The molecule has 3 heteroatoms. The Labute approximate surface area is 122 Å². The molecule has 1 heterocycles. The van der Waals surface area contributed by atoms with Gasteiger partial charge in [-0.3, -0.25) is 4.90 Å². The van der Waals surface area contributed by atoms with Crippen molar-refractivity contribution in [1.29, 1.82) is 0 Å². The predicted octanol–water partition coefficient (Wildman–Crippen LogP) is 2.96. The molecular weight excluding hydrogens is 246 g/mol. The second-order valence-corrected chi connectivity index (χ2v) is 6.45. The van der Waals surface area contributed by atoms with E-state index in [1.54, 1.807) is 0 Å². The van der Waals surface area contributed by atoms with Gasteiger partial charge in [-0.25, -0.2) is 0 Å². The Kier molecular flexibility index (Phi) is 4.58. The molecule has 2 aliphatic rings. The zero-order valence-corrected chi connectivity index (χ0v) is 12.4. The van der Waals surface area contributed by atoms with Crippen LogP contribution in [0.1, 0.15) is 44.1 Å². The second kappa shape index (κ2) is 6.59. The third-order valence-electron chi connectivity index (χ3n) is 4.64. The molecule has 3 nitrogen and oxygen atoms in total. The first-order valence-electron chi connectivity index (χ1n) is 8.13. The summed E-state index contributed by atoms with van der Waals surface area (Å²) >= 11 is 0. The molecule has 0 spiro atoms. The van der Waals surface area contributed by atoms with Crippen molar-refractivity contribution in [3.8, 4) is 0 Å². The van der Waals surface area contributed by atoms with Crippen LogP contribution in [0.3, 0.4) is 0 Å². The molecule has 0 aromatic heterocycles. The molecule has 1 aromatic rings. The normalized spacial score (nSPS) is 27.6. The number of hydrogen-bond donors (Lipinski definition) is 2.